The SMILES string of the molecule is COc1ccccc1C(=O)NC1(c2noc(C)n2)CCC1. The van der Waals surface area contributed by atoms with E-state index >= 15 is 0 Å². The van der Waals surface area contributed by atoms with Crippen molar-refractivity contribution < 1.29 is 14.1 Å². The summed E-state index contributed by atoms with van der Waals surface area (Å²) in [4.78, 5) is 16.8. The molecule has 2 aromatic rings. The molecule has 1 N–H and O–H groups in total. The molecule has 1 fully saturated rings. The van der Waals surface area contributed by atoms with Crippen molar-refractivity contribution in [2.75, 3.05) is 7.11 Å². The Balaban J connectivity index is 1.86. The topological polar surface area (TPSA) is 77.2 Å². The van der Waals surface area contributed by atoms with Crippen LogP contribution in [0, 0.1) is 6.92 Å². The molecule has 0 unspecified atom stereocenters. The number of hydrogen-bond acceptors (Lipinski definition) is 5. The monoisotopic (exact) mass is 287 g/mol. The van der Waals surface area contributed by atoms with Gasteiger partial charge in [0.15, 0.2) is 5.82 Å². The first-order chi connectivity index (χ1) is 10.1. The molecule has 1 saturated carbocycles. The summed E-state index contributed by atoms with van der Waals surface area (Å²) < 4.78 is 10.3. The molecule has 1 aromatic carbocycles. The maximum atomic E-state index is 12.5. The fourth-order valence-corrected chi connectivity index (χ4v) is 2.55. The number of carbonyl (C=O) groups excluding carboxylic acids is 1. The Bertz CT molecular complexity index is 662. The average Bonchev–Trinajstić information content (AvgIpc) is 2.89. The summed E-state index contributed by atoms with van der Waals surface area (Å²) >= 11 is 0. The van der Waals surface area contributed by atoms with Crippen LogP contribution in [0.25, 0.3) is 0 Å². The van der Waals surface area contributed by atoms with Gasteiger partial charge >= 0.3 is 0 Å². The van der Waals surface area contributed by atoms with Crippen LogP contribution in [0.15, 0.2) is 28.8 Å². The van der Waals surface area contributed by atoms with E-state index in [4.69, 9.17) is 9.26 Å². The molecular formula is C15H17N3O3. The van der Waals surface area contributed by atoms with E-state index in [9.17, 15) is 4.79 Å². The predicted octanol–water partition coefficient (Wildman–Crippen LogP) is 2.20. The van der Waals surface area contributed by atoms with Crippen LogP contribution >= 0.6 is 0 Å². The smallest absolute Gasteiger partial charge is 0.255 e. The van der Waals surface area contributed by atoms with Gasteiger partial charge in [0.2, 0.25) is 5.89 Å². The summed E-state index contributed by atoms with van der Waals surface area (Å²) in [6.07, 6.45) is 2.65. The van der Waals surface area contributed by atoms with E-state index in [1.807, 2.05) is 12.1 Å². The molecule has 0 saturated heterocycles. The lowest BCUT2D eigenvalue weighted by Crippen LogP contribution is -2.51. The molecule has 3 rings (SSSR count). The van der Waals surface area contributed by atoms with Gasteiger partial charge in [0.1, 0.15) is 11.3 Å². The van der Waals surface area contributed by atoms with E-state index in [1.165, 1.54) is 0 Å². The Morgan fingerprint density at radius 2 is 2.14 bits per heavy atom. The van der Waals surface area contributed by atoms with E-state index in [0.717, 1.165) is 19.3 Å². The van der Waals surface area contributed by atoms with Crippen molar-refractivity contribution in [3.63, 3.8) is 0 Å². The summed E-state index contributed by atoms with van der Waals surface area (Å²) in [6, 6.07) is 7.14. The summed E-state index contributed by atoms with van der Waals surface area (Å²) in [5.74, 6) is 1.42. The van der Waals surface area contributed by atoms with Crippen LogP contribution in [0.3, 0.4) is 0 Å². The number of para-hydroxylation sites is 1. The molecule has 110 valence electrons. The van der Waals surface area contributed by atoms with Crippen molar-refractivity contribution in [1.29, 1.82) is 0 Å². The van der Waals surface area contributed by atoms with Crippen molar-refractivity contribution in [1.82, 2.24) is 15.5 Å². The normalized spacial score (nSPS) is 16.1. The highest BCUT2D eigenvalue weighted by Gasteiger charge is 2.44. The molecule has 1 aliphatic carbocycles. The molecule has 1 aromatic heterocycles. The lowest BCUT2D eigenvalue weighted by atomic mass is 9.76. The van der Waals surface area contributed by atoms with Crippen molar-refractivity contribution in [2.24, 2.45) is 0 Å². The van der Waals surface area contributed by atoms with Crippen molar-refractivity contribution >= 4 is 5.91 Å². The van der Waals surface area contributed by atoms with E-state index < -0.39 is 5.54 Å². The maximum Gasteiger partial charge on any atom is 0.255 e. The van der Waals surface area contributed by atoms with Gasteiger partial charge in [-0.3, -0.25) is 4.79 Å². The van der Waals surface area contributed by atoms with Crippen LogP contribution in [-0.4, -0.2) is 23.2 Å². The first-order valence-corrected chi connectivity index (χ1v) is 6.91. The van der Waals surface area contributed by atoms with Gasteiger partial charge in [-0.15, -0.1) is 0 Å². The molecule has 0 aliphatic heterocycles. The number of carbonyl (C=O) groups is 1. The van der Waals surface area contributed by atoms with Gasteiger partial charge in [-0.2, -0.15) is 4.98 Å². The van der Waals surface area contributed by atoms with Gasteiger partial charge in [0.25, 0.3) is 5.91 Å². The van der Waals surface area contributed by atoms with Crippen LogP contribution in [0.1, 0.15) is 41.3 Å². The molecule has 1 amide bonds. The van der Waals surface area contributed by atoms with E-state index in [1.54, 1.807) is 26.2 Å². The summed E-state index contributed by atoms with van der Waals surface area (Å²) in [7, 11) is 1.55. The molecule has 6 nitrogen and oxygen atoms in total. The Labute approximate surface area is 122 Å². The van der Waals surface area contributed by atoms with E-state index in [-0.39, 0.29) is 5.91 Å². The summed E-state index contributed by atoms with van der Waals surface area (Å²) in [5, 5.41) is 7.01. The molecule has 0 radical (unpaired) electrons. The molecule has 0 bridgehead atoms. The predicted molar refractivity (Wildman–Crippen MR) is 75.0 cm³/mol. The van der Waals surface area contributed by atoms with Gasteiger partial charge in [-0.25, -0.2) is 0 Å². The van der Waals surface area contributed by atoms with Gasteiger partial charge in [0, 0.05) is 6.92 Å². The zero-order valence-corrected chi connectivity index (χ0v) is 12.0. The van der Waals surface area contributed by atoms with Gasteiger partial charge < -0.3 is 14.6 Å². The Kier molecular flexibility index (Phi) is 3.37. The minimum absolute atomic E-state index is 0.186. The third kappa shape index (κ3) is 2.37. The lowest BCUT2D eigenvalue weighted by molar-refractivity contribution is 0.0802. The molecule has 1 aliphatic rings. The Morgan fingerprint density at radius 3 is 2.71 bits per heavy atom. The maximum absolute atomic E-state index is 12.5. The van der Waals surface area contributed by atoms with Crippen molar-refractivity contribution in [2.45, 2.75) is 31.7 Å². The van der Waals surface area contributed by atoms with Crippen LogP contribution in [0.5, 0.6) is 5.75 Å². The Morgan fingerprint density at radius 1 is 1.38 bits per heavy atom. The van der Waals surface area contributed by atoms with E-state index in [2.05, 4.69) is 15.5 Å². The van der Waals surface area contributed by atoms with Crippen LogP contribution in [0.4, 0.5) is 0 Å². The van der Waals surface area contributed by atoms with Crippen molar-refractivity contribution in [3.8, 4) is 5.75 Å². The number of nitrogens with zero attached hydrogens (tertiary/aromatic N) is 2. The number of rotatable bonds is 4. The van der Waals surface area contributed by atoms with Gasteiger partial charge in [-0.1, -0.05) is 17.3 Å². The largest absolute Gasteiger partial charge is 0.496 e. The zero-order valence-electron chi connectivity index (χ0n) is 12.0. The van der Waals surface area contributed by atoms with Gasteiger partial charge in [0.05, 0.1) is 12.7 Å². The number of aromatic nitrogens is 2. The highest BCUT2D eigenvalue weighted by molar-refractivity contribution is 5.97. The van der Waals surface area contributed by atoms with Crippen LogP contribution in [0.2, 0.25) is 0 Å². The second-order valence-electron chi connectivity index (χ2n) is 5.23. The standard InChI is InChI=1S/C15H17N3O3/c1-10-16-14(18-21-10)15(8-5-9-15)17-13(19)11-6-3-4-7-12(11)20-2/h3-4,6-7H,5,8-9H2,1-2H3,(H,17,19). The van der Waals surface area contributed by atoms with Crippen LogP contribution < -0.4 is 10.1 Å². The number of methoxy groups -OCH3 is 1. The molecule has 1 heterocycles. The van der Waals surface area contributed by atoms with Crippen molar-refractivity contribution in [3.05, 3.63) is 41.5 Å². The highest BCUT2D eigenvalue weighted by Crippen LogP contribution is 2.40. The first kappa shape index (κ1) is 13.6. The molecular weight excluding hydrogens is 270 g/mol. The molecule has 6 heteroatoms. The van der Waals surface area contributed by atoms with Gasteiger partial charge in [-0.05, 0) is 31.4 Å². The first-order valence-electron chi connectivity index (χ1n) is 6.91. The molecule has 0 spiro atoms. The number of benzene rings is 1. The average molecular weight is 287 g/mol. The third-order valence-corrected chi connectivity index (χ3v) is 3.87. The second-order valence-corrected chi connectivity index (χ2v) is 5.23. The number of ether oxygens (including phenoxy) is 1. The number of amides is 1. The lowest BCUT2D eigenvalue weighted by Gasteiger charge is -2.39. The number of nitrogens with one attached hydrogen (secondary N) is 1. The zero-order chi connectivity index (χ0) is 14.9. The molecule has 21 heavy (non-hydrogen) atoms. The summed E-state index contributed by atoms with van der Waals surface area (Å²) in [5.41, 5.74) is -0.0121. The number of hydrogen-bond donors (Lipinski definition) is 1. The summed E-state index contributed by atoms with van der Waals surface area (Å²) in [6.45, 7) is 1.74. The minimum atomic E-state index is -0.518. The fourth-order valence-electron chi connectivity index (χ4n) is 2.55. The third-order valence-electron chi connectivity index (χ3n) is 3.87. The number of aryl methyl sites for hydroxylation is 1. The quantitative estimate of drug-likeness (QED) is 0.932. The molecule has 0 atom stereocenters. The minimum Gasteiger partial charge on any atom is -0.496 e. The Hall–Kier alpha value is -2.37. The fraction of sp³-hybridized carbons (Fsp3) is 0.400. The second kappa shape index (κ2) is 5.20. The van der Waals surface area contributed by atoms with Crippen LogP contribution in [-0.2, 0) is 5.54 Å². The van der Waals surface area contributed by atoms with E-state index in [0.29, 0.717) is 23.0 Å². The highest BCUT2D eigenvalue weighted by atomic mass is 16.5.